The van der Waals surface area contributed by atoms with E-state index in [9.17, 15) is 0 Å². The molecule has 1 aromatic heterocycles. The molecule has 0 fully saturated rings. The summed E-state index contributed by atoms with van der Waals surface area (Å²) >= 11 is 1.91. The van der Waals surface area contributed by atoms with Crippen LogP contribution in [0, 0.1) is 0 Å². The van der Waals surface area contributed by atoms with Crippen molar-refractivity contribution in [2.24, 2.45) is 0 Å². The molecule has 0 radical (unpaired) electrons. The van der Waals surface area contributed by atoms with Gasteiger partial charge in [0.2, 0.25) is 0 Å². The van der Waals surface area contributed by atoms with Crippen molar-refractivity contribution >= 4 is 88.7 Å². The van der Waals surface area contributed by atoms with Gasteiger partial charge >= 0.3 is 0 Å². The number of para-hydroxylation sites is 1. The standard InChI is InChI=1S/C68H55BN2S/c1-5-6-22-49-37-40-63-64(55-31-19-20-34-62(55)72-63)66(49)70-58-38-35-50(45-23-11-7-12-24-45)41-56(58)69-57-42-51(46-25-13-8-14-26-46)36-39-59(57)71(61-44-52(68(2,3)4)43-60(70)65(61)69)67-53(47-27-15-9-16-28-47)32-21-33-54(67)48-29-17-10-18-30-48/h7-21,23-44H,5-6,22H2,1-4H3. The maximum atomic E-state index is 2.73. The van der Waals surface area contributed by atoms with Crippen LogP contribution in [0.3, 0.4) is 0 Å². The highest BCUT2D eigenvalue weighted by molar-refractivity contribution is 7.26. The van der Waals surface area contributed by atoms with Crippen LogP contribution in [0.15, 0.2) is 224 Å². The molecule has 0 unspecified atom stereocenters. The fourth-order valence-corrected chi connectivity index (χ4v) is 12.8. The fourth-order valence-electron chi connectivity index (χ4n) is 11.7. The molecule has 0 atom stereocenters. The van der Waals surface area contributed by atoms with Crippen molar-refractivity contribution in [3.05, 3.63) is 236 Å². The van der Waals surface area contributed by atoms with Gasteiger partial charge in [0.1, 0.15) is 0 Å². The minimum absolute atomic E-state index is 0.0876. The van der Waals surface area contributed by atoms with E-state index in [2.05, 4.69) is 262 Å². The first-order chi connectivity index (χ1) is 35.3. The highest BCUT2D eigenvalue weighted by atomic mass is 32.1. The lowest BCUT2D eigenvalue weighted by molar-refractivity contribution is 0.590. The second-order valence-electron chi connectivity index (χ2n) is 20.6. The summed E-state index contributed by atoms with van der Waals surface area (Å²) in [6, 6.07) is 84.6. The predicted molar refractivity (Wildman–Crippen MR) is 312 cm³/mol. The molecular weight excluding hydrogens is 888 g/mol. The lowest BCUT2D eigenvalue weighted by Crippen LogP contribution is -2.61. The van der Waals surface area contributed by atoms with E-state index in [4.69, 9.17) is 0 Å². The van der Waals surface area contributed by atoms with Gasteiger partial charge in [-0.05, 0) is 116 Å². The molecule has 11 aromatic rings. The van der Waals surface area contributed by atoms with Crippen molar-refractivity contribution in [1.29, 1.82) is 0 Å². The zero-order valence-corrected chi connectivity index (χ0v) is 42.2. The van der Waals surface area contributed by atoms with Crippen molar-refractivity contribution in [3.63, 3.8) is 0 Å². The summed E-state index contributed by atoms with van der Waals surface area (Å²) in [5.41, 5.74) is 23.5. The number of thiophene rings is 1. The molecule has 13 rings (SSSR count). The Morgan fingerprint density at radius 1 is 0.431 bits per heavy atom. The molecule has 0 spiro atoms. The molecule has 2 aliphatic rings. The van der Waals surface area contributed by atoms with Crippen LogP contribution in [0.2, 0.25) is 0 Å². The van der Waals surface area contributed by atoms with Gasteiger partial charge in [0.25, 0.3) is 6.71 Å². The van der Waals surface area contributed by atoms with Gasteiger partial charge in [-0.2, -0.15) is 0 Å². The van der Waals surface area contributed by atoms with Crippen molar-refractivity contribution in [2.75, 3.05) is 9.80 Å². The summed E-state index contributed by atoms with van der Waals surface area (Å²) in [6.45, 7) is 9.38. The normalized spacial score (nSPS) is 12.8. The Bertz CT molecular complexity index is 3780. The molecule has 0 N–H and O–H groups in total. The number of hydrogen-bond donors (Lipinski definition) is 0. The second-order valence-corrected chi connectivity index (χ2v) is 21.7. The maximum absolute atomic E-state index is 2.73. The van der Waals surface area contributed by atoms with Crippen LogP contribution in [0.5, 0.6) is 0 Å². The Morgan fingerprint density at radius 2 is 0.931 bits per heavy atom. The highest BCUT2D eigenvalue weighted by Gasteiger charge is 2.46. The van der Waals surface area contributed by atoms with Crippen molar-refractivity contribution < 1.29 is 0 Å². The third-order valence-electron chi connectivity index (χ3n) is 15.2. The maximum Gasteiger partial charge on any atom is 0.252 e. The summed E-state index contributed by atoms with van der Waals surface area (Å²) < 4.78 is 2.64. The van der Waals surface area contributed by atoms with Gasteiger partial charge in [-0.15, -0.1) is 11.3 Å². The zero-order chi connectivity index (χ0) is 48.5. The molecule has 0 saturated heterocycles. The third-order valence-corrected chi connectivity index (χ3v) is 16.3. The average molecular weight is 943 g/mol. The Labute approximate surface area is 428 Å². The molecule has 0 saturated carbocycles. The molecule has 72 heavy (non-hydrogen) atoms. The van der Waals surface area contributed by atoms with E-state index >= 15 is 0 Å². The van der Waals surface area contributed by atoms with E-state index in [0.717, 1.165) is 19.3 Å². The number of benzene rings is 10. The zero-order valence-electron chi connectivity index (χ0n) is 41.4. The predicted octanol–water partition coefficient (Wildman–Crippen LogP) is 17.4. The van der Waals surface area contributed by atoms with E-state index in [1.807, 2.05) is 11.3 Å². The molecule has 4 heteroatoms. The fraction of sp³-hybridized carbons (Fsp3) is 0.118. The van der Waals surface area contributed by atoms with E-state index in [1.54, 1.807) is 0 Å². The summed E-state index contributed by atoms with van der Waals surface area (Å²) in [4.78, 5) is 5.40. The lowest BCUT2D eigenvalue weighted by Gasteiger charge is -2.46. The number of rotatable bonds is 9. The van der Waals surface area contributed by atoms with Crippen LogP contribution in [0.4, 0.5) is 34.1 Å². The summed E-state index contributed by atoms with van der Waals surface area (Å²) in [7, 11) is 0. The average Bonchev–Trinajstić information content (AvgIpc) is 3.82. The Hall–Kier alpha value is -7.92. The van der Waals surface area contributed by atoms with E-state index in [-0.39, 0.29) is 12.1 Å². The number of fused-ring (bicyclic) bond motifs is 7. The van der Waals surface area contributed by atoms with Crippen LogP contribution in [-0.4, -0.2) is 6.71 Å². The SMILES string of the molecule is CCCCc1ccc2sc3ccccc3c2c1N1c2ccc(-c3ccccc3)cc2B2c3cc(-c4ccccc4)ccc3N(c3c(-c4ccccc4)cccc3-c3ccccc3)c3cc(C(C)(C)C)cc1c32. The molecule has 0 bridgehead atoms. The van der Waals surface area contributed by atoms with E-state index in [0.29, 0.717) is 0 Å². The van der Waals surface area contributed by atoms with Crippen LogP contribution in [0.1, 0.15) is 51.7 Å². The van der Waals surface area contributed by atoms with E-state index in [1.165, 1.54) is 126 Å². The third kappa shape index (κ3) is 7.30. The van der Waals surface area contributed by atoms with Crippen molar-refractivity contribution in [1.82, 2.24) is 0 Å². The highest BCUT2D eigenvalue weighted by Crippen LogP contribution is 2.53. The van der Waals surface area contributed by atoms with Gasteiger partial charge < -0.3 is 9.80 Å². The van der Waals surface area contributed by atoms with Crippen LogP contribution in [0.25, 0.3) is 64.7 Å². The monoisotopic (exact) mass is 942 g/mol. The van der Waals surface area contributed by atoms with Gasteiger partial charge in [-0.25, -0.2) is 0 Å². The van der Waals surface area contributed by atoms with E-state index < -0.39 is 0 Å². The number of nitrogens with zero attached hydrogens (tertiary/aromatic N) is 2. The molecular formula is C68H55BN2S. The van der Waals surface area contributed by atoms with Gasteiger partial charge in [0, 0.05) is 54.0 Å². The number of hydrogen-bond acceptors (Lipinski definition) is 3. The lowest BCUT2D eigenvalue weighted by atomic mass is 9.33. The minimum atomic E-state index is -0.180. The van der Waals surface area contributed by atoms with Crippen LogP contribution < -0.4 is 26.2 Å². The molecule has 2 aliphatic heterocycles. The first-order valence-corrected chi connectivity index (χ1v) is 26.5. The molecule has 3 heterocycles. The first-order valence-electron chi connectivity index (χ1n) is 25.7. The minimum Gasteiger partial charge on any atom is -0.310 e. The van der Waals surface area contributed by atoms with Crippen LogP contribution >= 0.6 is 11.3 Å². The molecule has 2 nitrogen and oxygen atoms in total. The smallest absolute Gasteiger partial charge is 0.252 e. The molecule has 346 valence electrons. The van der Waals surface area contributed by atoms with Gasteiger partial charge in [0.15, 0.2) is 0 Å². The number of anilines is 6. The largest absolute Gasteiger partial charge is 0.310 e. The molecule has 10 aromatic carbocycles. The van der Waals surface area contributed by atoms with Gasteiger partial charge in [-0.1, -0.05) is 222 Å². The Morgan fingerprint density at radius 3 is 1.46 bits per heavy atom. The quantitative estimate of drug-likeness (QED) is 0.133. The second kappa shape index (κ2) is 17.7. The van der Waals surface area contributed by atoms with Crippen molar-refractivity contribution in [3.8, 4) is 44.5 Å². The summed E-state index contributed by atoms with van der Waals surface area (Å²) in [6.07, 6.45) is 3.22. The Kier molecular flexibility index (Phi) is 10.9. The summed E-state index contributed by atoms with van der Waals surface area (Å²) in [5.74, 6) is 0. The van der Waals surface area contributed by atoms with Crippen molar-refractivity contribution in [2.45, 2.75) is 52.4 Å². The topological polar surface area (TPSA) is 6.48 Å². The van der Waals surface area contributed by atoms with Gasteiger partial charge in [0.05, 0.1) is 11.4 Å². The number of unbranched alkanes of at least 4 members (excludes halogenated alkanes) is 1. The van der Waals surface area contributed by atoms with Crippen LogP contribution in [-0.2, 0) is 11.8 Å². The molecule has 0 amide bonds. The Balaban J connectivity index is 1.22. The molecule has 0 aliphatic carbocycles. The summed E-state index contributed by atoms with van der Waals surface area (Å²) in [5, 5.41) is 2.66. The van der Waals surface area contributed by atoms with Gasteiger partial charge in [-0.3, -0.25) is 0 Å². The first kappa shape index (κ1) is 44.1. The number of aryl methyl sites for hydroxylation is 1.